The molecule has 0 radical (unpaired) electrons. The zero-order valence-corrected chi connectivity index (χ0v) is 12.2. The van der Waals surface area contributed by atoms with Crippen LogP contribution in [0, 0.1) is 0 Å². The number of aromatic amines is 1. The van der Waals surface area contributed by atoms with Crippen molar-refractivity contribution in [2.45, 2.75) is 32.9 Å². The molecular formula is C13H20N6O2. The standard InChI is InChI=1S/C13H20N6O2/c1-3-4-6-19-11(14)10(12(20)16-13(19)21)15-8-9-5-7-18(2)17-9/h5,7,15H,3-4,6,8,14H2,1-2H3,(H,16,20,21). The molecule has 8 nitrogen and oxygen atoms in total. The van der Waals surface area contributed by atoms with E-state index in [0.29, 0.717) is 13.1 Å². The summed E-state index contributed by atoms with van der Waals surface area (Å²) >= 11 is 0. The maximum Gasteiger partial charge on any atom is 0.330 e. The lowest BCUT2D eigenvalue weighted by Gasteiger charge is -2.13. The molecule has 0 saturated carbocycles. The van der Waals surface area contributed by atoms with Crippen LogP contribution in [0.3, 0.4) is 0 Å². The lowest BCUT2D eigenvalue weighted by Crippen LogP contribution is -2.34. The highest BCUT2D eigenvalue weighted by Gasteiger charge is 2.12. The molecule has 2 aromatic heterocycles. The van der Waals surface area contributed by atoms with Crippen LogP contribution in [0.4, 0.5) is 11.5 Å². The van der Waals surface area contributed by atoms with Gasteiger partial charge in [0.15, 0.2) is 0 Å². The number of nitrogens with one attached hydrogen (secondary N) is 2. The molecule has 0 spiro atoms. The fraction of sp³-hybridized carbons (Fsp3) is 0.462. The summed E-state index contributed by atoms with van der Waals surface area (Å²) in [6, 6.07) is 1.84. The first-order valence-corrected chi connectivity index (χ1v) is 6.88. The molecule has 0 aromatic carbocycles. The van der Waals surface area contributed by atoms with Crippen molar-refractivity contribution in [3.05, 3.63) is 38.8 Å². The number of nitrogens with zero attached hydrogens (tertiary/aromatic N) is 3. The first kappa shape index (κ1) is 14.9. The first-order chi connectivity index (χ1) is 10.0. The number of anilines is 2. The normalized spacial score (nSPS) is 10.8. The molecule has 0 aliphatic rings. The van der Waals surface area contributed by atoms with Crippen molar-refractivity contribution in [3.8, 4) is 0 Å². The van der Waals surface area contributed by atoms with Crippen LogP contribution in [0.5, 0.6) is 0 Å². The van der Waals surface area contributed by atoms with Crippen LogP contribution in [-0.4, -0.2) is 19.3 Å². The van der Waals surface area contributed by atoms with Gasteiger partial charge in [0.25, 0.3) is 5.56 Å². The summed E-state index contributed by atoms with van der Waals surface area (Å²) in [6.07, 6.45) is 3.56. The quantitative estimate of drug-likeness (QED) is 0.707. The molecule has 2 heterocycles. The van der Waals surface area contributed by atoms with Crippen molar-refractivity contribution < 1.29 is 0 Å². The van der Waals surface area contributed by atoms with Gasteiger partial charge in [-0.15, -0.1) is 0 Å². The SMILES string of the molecule is CCCCn1c(N)c(NCc2ccn(C)n2)c(=O)[nH]c1=O. The van der Waals surface area contributed by atoms with Crippen molar-refractivity contribution in [2.75, 3.05) is 11.1 Å². The monoisotopic (exact) mass is 292 g/mol. The Balaban J connectivity index is 2.26. The molecule has 0 aliphatic heterocycles. The Bertz CT molecular complexity index is 727. The number of nitrogen functional groups attached to an aromatic ring is 1. The van der Waals surface area contributed by atoms with Gasteiger partial charge in [-0.3, -0.25) is 19.0 Å². The van der Waals surface area contributed by atoms with E-state index >= 15 is 0 Å². The predicted octanol–water partition coefficient (Wildman–Crippen LogP) is 0.265. The van der Waals surface area contributed by atoms with Crippen LogP contribution in [0.1, 0.15) is 25.5 Å². The second-order valence-corrected chi connectivity index (χ2v) is 4.86. The average Bonchev–Trinajstić information content (AvgIpc) is 2.84. The van der Waals surface area contributed by atoms with E-state index in [0.717, 1.165) is 18.5 Å². The lowest BCUT2D eigenvalue weighted by atomic mass is 10.3. The van der Waals surface area contributed by atoms with E-state index in [1.807, 2.05) is 26.2 Å². The van der Waals surface area contributed by atoms with Gasteiger partial charge in [0.2, 0.25) is 0 Å². The molecule has 4 N–H and O–H groups in total. The summed E-state index contributed by atoms with van der Waals surface area (Å²) in [5.74, 6) is 0.160. The number of unbranched alkanes of at least 4 members (excludes halogenated alkanes) is 1. The third-order valence-electron chi connectivity index (χ3n) is 3.19. The van der Waals surface area contributed by atoms with Crippen molar-refractivity contribution in [1.29, 1.82) is 0 Å². The third kappa shape index (κ3) is 3.33. The Labute approximate surface area is 121 Å². The molecule has 114 valence electrons. The summed E-state index contributed by atoms with van der Waals surface area (Å²) in [5.41, 5.74) is 5.94. The minimum atomic E-state index is -0.513. The van der Waals surface area contributed by atoms with E-state index in [-0.39, 0.29) is 11.5 Å². The number of aryl methyl sites for hydroxylation is 1. The van der Waals surface area contributed by atoms with E-state index in [1.165, 1.54) is 4.57 Å². The molecule has 0 fully saturated rings. The van der Waals surface area contributed by atoms with Gasteiger partial charge >= 0.3 is 5.69 Å². The van der Waals surface area contributed by atoms with E-state index in [9.17, 15) is 9.59 Å². The first-order valence-electron chi connectivity index (χ1n) is 6.88. The zero-order chi connectivity index (χ0) is 15.4. The number of hydrogen-bond donors (Lipinski definition) is 3. The van der Waals surface area contributed by atoms with Gasteiger partial charge in [-0.05, 0) is 12.5 Å². The second kappa shape index (κ2) is 6.29. The maximum absolute atomic E-state index is 11.9. The van der Waals surface area contributed by atoms with Crippen LogP contribution in [0.15, 0.2) is 21.9 Å². The van der Waals surface area contributed by atoms with E-state index in [1.54, 1.807) is 4.68 Å². The third-order valence-corrected chi connectivity index (χ3v) is 3.19. The van der Waals surface area contributed by atoms with Gasteiger partial charge in [-0.2, -0.15) is 5.10 Å². The Hall–Kier alpha value is -2.51. The van der Waals surface area contributed by atoms with E-state index in [4.69, 9.17) is 5.73 Å². The highest BCUT2D eigenvalue weighted by atomic mass is 16.2. The minimum Gasteiger partial charge on any atom is -0.383 e. The molecule has 2 rings (SSSR count). The van der Waals surface area contributed by atoms with E-state index in [2.05, 4.69) is 15.4 Å². The minimum absolute atomic E-state index is 0.160. The summed E-state index contributed by atoms with van der Waals surface area (Å²) in [6.45, 7) is 2.86. The number of aromatic nitrogens is 4. The van der Waals surface area contributed by atoms with Gasteiger partial charge < -0.3 is 11.1 Å². The molecule has 0 bridgehead atoms. The van der Waals surface area contributed by atoms with Crippen molar-refractivity contribution in [1.82, 2.24) is 19.3 Å². The smallest absolute Gasteiger partial charge is 0.330 e. The topological polar surface area (TPSA) is 111 Å². The number of hydrogen-bond acceptors (Lipinski definition) is 5. The van der Waals surface area contributed by atoms with Gasteiger partial charge in [0.1, 0.15) is 11.5 Å². The van der Waals surface area contributed by atoms with Crippen LogP contribution >= 0.6 is 0 Å². The summed E-state index contributed by atoms with van der Waals surface area (Å²) < 4.78 is 3.05. The van der Waals surface area contributed by atoms with Gasteiger partial charge in [0.05, 0.1) is 12.2 Å². The molecule has 0 aliphatic carbocycles. The molecule has 0 amide bonds. The van der Waals surface area contributed by atoms with Crippen molar-refractivity contribution >= 4 is 11.5 Å². The van der Waals surface area contributed by atoms with Gasteiger partial charge in [0, 0.05) is 19.8 Å². The predicted molar refractivity (Wildman–Crippen MR) is 81.2 cm³/mol. The zero-order valence-electron chi connectivity index (χ0n) is 12.2. The Morgan fingerprint density at radius 2 is 2.19 bits per heavy atom. The number of H-pyrrole nitrogens is 1. The Morgan fingerprint density at radius 3 is 2.81 bits per heavy atom. The summed E-state index contributed by atoms with van der Waals surface area (Å²) in [5, 5.41) is 7.16. The highest BCUT2D eigenvalue weighted by molar-refractivity contribution is 5.60. The van der Waals surface area contributed by atoms with E-state index < -0.39 is 11.2 Å². The molecule has 0 unspecified atom stereocenters. The molecule has 0 saturated heterocycles. The number of nitrogens with two attached hydrogens (primary N) is 1. The molecule has 8 heteroatoms. The fourth-order valence-electron chi connectivity index (χ4n) is 2.03. The van der Waals surface area contributed by atoms with Crippen LogP contribution in [0.25, 0.3) is 0 Å². The Morgan fingerprint density at radius 1 is 1.43 bits per heavy atom. The molecule has 21 heavy (non-hydrogen) atoms. The highest BCUT2D eigenvalue weighted by Crippen LogP contribution is 2.12. The molecule has 2 aromatic rings. The van der Waals surface area contributed by atoms with Gasteiger partial charge in [-0.1, -0.05) is 13.3 Å². The van der Waals surface area contributed by atoms with Gasteiger partial charge in [-0.25, -0.2) is 4.79 Å². The maximum atomic E-state index is 11.9. The summed E-state index contributed by atoms with van der Waals surface area (Å²) in [7, 11) is 1.82. The molecule has 0 atom stereocenters. The van der Waals surface area contributed by atoms with Crippen molar-refractivity contribution in [2.24, 2.45) is 7.05 Å². The van der Waals surface area contributed by atoms with Crippen LogP contribution in [0.2, 0.25) is 0 Å². The van der Waals surface area contributed by atoms with Crippen molar-refractivity contribution in [3.63, 3.8) is 0 Å². The fourth-order valence-corrected chi connectivity index (χ4v) is 2.03. The van der Waals surface area contributed by atoms with Crippen LogP contribution < -0.4 is 22.3 Å². The van der Waals surface area contributed by atoms with Crippen LogP contribution in [-0.2, 0) is 20.1 Å². The molecular weight excluding hydrogens is 272 g/mol. The number of rotatable bonds is 6. The average molecular weight is 292 g/mol. The second-order valence-electron chi connectivity index (χ2n) is 4.86. The largest absolute Gasteiger partial charge is 0.383 e. The Kier molecular flexibility index (Phi) is 4.46. The lowest BCUT2D eigenvalue weighted by molar-refractivity contribution is 0.605. The summed E-state index contributed by atoms with van der Waals surface area (Å²) in [4.78, 5) is 25.9.